The average molecular weight is 355 g/mol. The Bertz CT molecular complexity index is 749. The number of nitrogens with one attached hydrogen (secondary N) is 2. The van der Waals surface area contributed by atoms with E-state index in [0.29, 0.717) is 5.92 Å². The minimum absolute atomic E-state index is 0.453. The van der Waals surface area contributed by atoms with Gasteiger partial charge in [-0.1, -0.05) is 58.9 Å². The predicted molar refractivity (Wildman–Crippen MR) is 116 cm³/mol. The Hall–Kier alpha value is -2.42. The zero-order chi connectivity index (χ0) is 19.4. The summed E-state index contributed by atoms with van der Waals surface area (Å²) in [5.74, 6) is 1.43. The minimum Gasteiger partial charge on any atom is -0.496 e. The van der Waals surface area contributed by atoms with Gasteiger partial charge in [-0.3, -0.25) is 0 Å². The van der Waals surface area contributed by atoms with Gasteiger partial charge in [0.05, 0.1) is 7.11 Å². The monoisotopic (exact) mass is 354 g/mol. The molecule has 3 aromatic rings. The molecule has 0 saturated heterocycles. The van der Waals surface area contributed by atoms with Crippen LogP contribution in [0.25, 0.3) is 10.9 Å². The summed E-state index contributed by atoms with van der Waals surface area (Å²) < 4.78 is 5.45. The van der Waals surface area contributed by atoms with E-state index in [4.69, 9.17) is 4.74 Å². The second-order valence-corrected chi connectivity index (χ2v) is 5.60. The van der Waals surface area contributed by atoms with Crippen molar-refractivity contribution in [3.8, 4) is 5.75 Å². The van der Waals surface area contributed by atoms with Gasteiger partial charge in [-0.15, -0.1) is 0 Å². The maximum Gasteiger partial charge on any atom is 0.122 e. The van der Waals surface area contributed by atoms with Gasteiger partial charge in [-0.25, -0.2) is 0 Å². The number of aromatic amines is 1. The third-order valence-corrected chi connectivity index (χ3v) is 4.16. The van der Waals surface area contributed by atoms with Crippen molar-refractivity contribution in [2.24, 2.45) is 0 Å². The van der Waals surface area contributed by atoms with E-state index < -0.39 is 0 Å². The molecule has 3 heteroatoms. The molecular formula is C23H34N2O. The van der Waals surface area contributed by atoms with Crippen LogP contribution in [0.15, 0.2) is 54.7 Å². The van der Waals surface area contributed by atoms with Gasteiger partial charge in [0.15, 0.2) is 0 Å². The molecule has 1 unspecified atom stereocenters. The third kappa shape index (κ3) is 5.55. The summed E-state index contributed by atoms with van der Waals surface area (Å²) in [6.07, 6.45) is 3.04. The van der Waals surface area contributed by atoms with Crippen molar-refractivity contribution in [1.82, 2.24) is 4.98 Å². The number of ether oxygens (including phenoxy) is 1. The van der Waals surface area contributed by atoms with Crippen LogP contribution in [0.2, 0.25) is 0 Å². The van der Waals surface area contributed by atoms with E-state index in [1.54, 1.807) is 7.11 Å². The molecule has 0 fully saturated rings. The molecule has 3 nitrogen and oxygen atoms in total. The highest BCUT2D eigenvalue weighted by Gasteiger charge is 2.10. The van der Waals surface area contributed by atoms with Gasteiger partial charge < -0.3 is 15.0 Å². The molecule has 0 saturated carbocycles. The zero-order valence-corrected chi connectivity index (χ0v) is 17.1. The Morgan fingerprint density at radius 2 is 1.69 bits per heavy atom. The largest absolute Gasteiger partial charge is 0.496 e. The maximum absolute atomic E-state index is 5.45. The number of H-pyrrole nitrogens is 1. The van der Waals surface area contributed by atoms with E-state index in [1.807, 2.05) is 46.0 Å². The first kappa shape index (κ1) is 21.6. The standard InChI is InChI=1S/C19H22N2O.2C2H6/c1-14(15-6-3-4-9-19(15)22-2)10-12-20-17-7-5-8-18-16(17)11-13-21-18;2*1-2/h3-9,11,13-14,20-21H,10,12H2,1-2H3;2*1-2H3. The first-order valence-electron chi connectivity index (χ1n) is 9.72. The normalized spacial score (nSPS) is 10.8. The van der Waals surface area contributed by atoms with Crippen molar-refractivity contribution in [2.75, 3.05) is 19.0 Å². The molecule has 0 aliphatic rings. The second kappa shape index (κ2) is 12.0. The van der Waals surface area contributed by atoms with Gasteiger partial charge >= 0.3 is 0 Å². The van der Waals surface area contributed by atoms with Crippen LogP contribution in [-0.4, -0.2) is 18.6 Å². The topological polar surface area (TPSA) is 37.0 Å². The Labute approximate surface area is 158 Å². The van der Waals surface area contributed by atoms with Crippen LogP contribution in [0.5, 0.6) is 5.75 Å². The molecule has 142 valence electrons. The summed E-state index contributed by atoms with van der Waals surface area (Å²) in [7, 11) is 1.73. The van der Waals surface area contributed by atoms with Gasteiger partial charge in [-0.05, 0) is 42.2 Å². The fraction of sp³-hybridized carbons (Fsp3) is 0.391. The number of para-hydroxylation sites is 1. The lowest BCUT2D eigenvalue weighted by Crippen LogP contribution is -2.07. The molecule has 26 heavy (non-hydrogen) atoms. The predicted octanol–water partition coefficient (Wildman–Crippen LogP) is 6.83. The number of methoxy groups -OCH3 is 1. The van der Waals surface area contributed by atoms with Crippen molar-refractivity contribution >= 4 is 16.6 Å². The highest BCUT2D eigenvalue weighted by Crippen LogP contribution is 2.29. The van der Waals surface area contributed by atoms with E-state index >= 15 is 0 Å². The van der Waals surface area contributed by atoms with E-state index in [0.717, 1.165) is 18.7 Å². The number of hydrogen-bond donors (Lipinski definition) is 2. The second-order valence-electron chi connectivity index (χ2n) is 5.60. The number of rotatable bonds is 6. The van der Waals surface area contributed by atoms with Gasteiger partial charge in [0, 0.05) is 29.3 Å². The van der Waals surface area contributed by atoms with E-state index in [9.17, 15) is 0 Å². The summed E-state index contributed by atoms with van der Waals surface area (Å²) >= 11 is 0. The molecule has 2 N–H and O–H groups in total. The lowest BCUT2D eigenvalue weighted by molar-refractivity contribution is 0.405. The van der Waals surface area contributed by atoms with Gasteiger partial charge in [-0.2, -0.15) is 0 Å². The number of fused-ring (bicyclic) bond motifs is 1. The van der Waals surface area contributed by atoms with Crippen molar-refractivity contribution in [2.45, 2.75) is 47.0 Å². The van der Waals surface area contributed by atoms with Crippen LogP contribution < -0.4 is 10.1 Å². The molecule has 1 heterocycles. The number of anilines is 1. The first-order valence-corrected chi connectivity index (χ1v) is 9.72. The average Bonchev–Trinajstić information content (AvgIpc) is 3.20. The lowest BCUT2D eigenvalue weighted by Gasteiger charge is -2.16. The molecular weight excluding hydrogens is 320 g/mol. The van der Waals surface area contributed by atoms with E-state index in [-0.39, 0.29) is 0 Å². The summed E-state index contributed by atoms with van der Waals surface area (Å²) in [4.78, 5) is 3.24. The molecule has 0 amide bonds. The van der Waals surface area contributed by atoms with Gasteiger partial charge in [0.25, 0.3) is 0 Å². The summed E-state index contributed by atoms with van der Waals surface area (Å²) in [6.45, 7) is 11.2. The van der Waals surface area contributed by atoms with Crippen LogP contribution in [0.4, 0.5) is 5.69 Å². The van der Waals surface area contributed by atoms with E-state index in [1.165, 1.54) is 22.2 Å². The number of aromatic nitrogens is 1. The van der Waals surface area contributed by atoms with Crippen LogP contribution >= 0.6 is 0 Å². The summed E-state index contributed by atoms with van der Waals surface area (Å²) in [6, 6.07) is 16.7. The number of hydrogen-bond acceptors (Lipinski definition) is 2. The molecule has 3 rings (SSSR count). The van der Waals surface area contributed by atoms with E-state index in [2.05, 4.69) is 53.6 Å². The minimum atomic E-state index is 0.453. The lowest BCUT2D eigenvalue weighted by atomic mass is 9.97. The van der Waals surface area contributed by atoms with Crippen LogP contribution in [-0.2, 0) is 0 Å². The van der Waals surface area contributed by atoms with Crippen molar-refractivity contribution in [1.29, 1.82) is 0 Å². The van der Waals surface area contributed by atoms with Crippen molar-refractivity contribution < 1.29 is 4.74 Å². The highest BCUT2D eigenvalue weighted by molar-refractivity contribution is 5.91. The fourth-order valence-electron chi connectivity index (χ4n) is 2.89. The SMILES string of the molecule is CC.CC.COc1ccccc1C(C)CCNc1cccc2[nH]ccc12. The molecule has 1 aromatic heterocycles. The molecule has 0 aliphatic carbocycles. The molecule has 1 atom stereocenters. The summed E-state index contributed by atoms with van der Waals surface area (Å²) in [5, 5.41) is 4.79. The van der Waals surface area contributed by atoms with Crippen molar-refractivity contribution in [3.05, 3.63) is 60.3 Å². The first-order chi connectivity index (χ1) is 12.8. The quantitative estimate of drug-likeness (QED) is 0.509. The summed E-state index contributed by atoms with van der Waals surface area (Å²) in [5.41, 5.74) is 3.63. The Morgan fingerprint density at radius 1 is 0.962 bits per heavy atom. The smallest absolute Gasteiger partial charge is 0.122 e. The Balaban J connectivity index is 0.000000791. The Kier molecular flexibility index (Phi) is 9.99. The molecule has 0 aliphatic heterocycles. The van der Waals surface area contributed by atoms with Crippen LogP contribution in [0, 0.1) is 0 Å². The van der Waals surface area contributed by atoms with Crippen LogP contribution in [0.3, 0.4) is 0 Å². The number of benzene rings is 2. The van der Waals surface area contributed by atoms with Gasteiger partial charge in [0.2, 0.25) is 0 Å². The maximum atomic E-state index is 5.45. The van der Waals surface area contributed by atoms with Gasteiger partial charge in [0.1, 0.15) is 5.75 Å². The van der Waals surface area contributed by atoms with Crippen LogP contribution in [0.1, 0.15) is 52.5 Å². The molecule has 0 radical (unpaired) electrons. The fourth-order valence-corrected chi connectivity index (χ4v) is 2.89. The Morgan fingerprint density at radius 3 is 2.42 bits per heavy atom. The van der Waals surface area contributed by atoms with Crippen molar-refractivity contribution in [3.63, 3.8) is 0 Å². The third-order valence-electron chi connectivity index (χ3n) is 4.16. The molecule has 0 spiro atoms. The zero-order valence-electron chi connectivity index (χ0n) is 17.1. The highest BCUT2D eigenvalue weighted by atomic mass is 16.5. The molecule has 2 aromatic carbocycles. The molecule has 0 bridgehead atoms.